The molecule has 2 heterocycles. The van der Waals surface area contributed by atoms with E-state index in [1.165, 1.54) is 5.56 Å². The summed E-state index contributed by atoms with van der Waals surface area (Å²) in [6, 6.07) is 0.446. The fourth-order valence-corrected chi connectivity index (χ4v) is 1.90. The number of aromatic nitrogens is 2. The molecule has 0 fully saturated rings. The first-order valence-corrected chi connectivity index (χ1v) is 6.22. The Balaban J connectivity index is 2.03. The molecule has 2 rings (SSSR count). The molecular weight excluding hydrogens is 230 g/mol. The Morgan fingerprint density at radius 2 is 2.06 bits per heavy atom. The highest BCUT2D eigenvalue weighted by Crippen LogP contribution is 2.28. The zero-order valence-corrected chi connectivity index (χ0v) is 11.6. The smallest absolute Gasteiger partial charge is 0.316 e. The van der Waals surface area contributed by atoms with Crippen molar-refractivity contribution in [2.24, 2.45) is 0 Å². The van der Waals surface area contributed by atoms with E-state index in [0.717, 1.165) is 18.8 Å². The van der Waals surface area contributed by atoms with Crippen molar-refractivity contribution in [2.75, 3.05) is 20.3 Å². The molecule has 1 aliphatic heterocycles. The minimum absolute atomic E-state index is 0.151. The zero-order valence-electron chi connectivity index (χ0n) is 11.6. The van der Waals surface area contributed by atoms with Crippen LogP contribution in [0, 0.1) is 0 Å². The average molecular weight is 251 g/mol. The molecule has 0 atom stereocenters. The number of hydrogen-bond donors (Lipinski definition) is 0. The first kappa shape index (κ1) is 13.2. The van der Waals surface area contributed by atoms with Crippen LogP contribution in [0.3, 0.4) is 0 Å². The normalized spacial score (nSPS) is 15.8. The summed E-state index contributed by atoms with van der Waals surface area (Å²) in [5.74, 6) is 0. The third kappa shape index (κ3) is 2.97. The largest absolute Gasteiger partial charge is 0.461 e. The van der Waals surface area contributed by atoms with Crippen molar-refractivity contribution in [1.29, 1.82) is 0 Å². The Morgan fingerprint density at radius 3 is 2.72 bits per heavy atom. The van der Waals surface area contributed by atoms with Gasteiger partial charge in [-0.2, -0.15) is 4.98 Å². The molecule has 18 heavy (non-hydrogen) atoms. The van der Waals surface area contributed by atoms with Gasteiger partial charge in [0.1, 0.15) is 6.61 Å². The van der Waals surface area contributed by atoms with Crippen molar-refractivity contribution in [3.63, 3.8) is 0 Å². The highest BCUT2D eigenvalue weighted by Gasteiger charge is 2.29. The lowest BCUT2D eigenvalue weighted by molar-refractivity contribution is 0.134. The van der Waals surface area contributed by atoms with Gasteiger partial charge in [-0.3, -0.25) is 4.90 Å². The molecule has 1 aromatic heterocycles. The molecule has 0 N–H and O–H groups in total. The minimum atomic E-state index is 0.151. The topological polar surface area (TPSA) is 47.5 Å². The lowest BCUT2D eigenvalue weighted by Crippen LogP contribution is -2.36. The van der Waals surface area contributed by atoms with Crippen molar-refractivity contribution in [2.45, 2.75) is 39.4 Å². The summed E-state index contributed by atoms with van der Waals surface area (Å²) in [7, 11) is 1.65. The number of nitrogens with zero attached hydrogens (tertiary/aromatic N) is 3. The molecular formula is C13H21N3O2. The van der Waals surface area contributed by atoms with E-state index in [2.05, 4.69) is 35.6 Å². The van der Waals surface area contributed by atoms with Gasteiger partial charge in [-0.15, -0.1) is 0 Å². The van der Waals surface area contributed by atoms with Gasteiger partial charge in [-0.1, -0.05) is 0 Å². The number of hydrogen-bond acceptors (Lipinski definition) is 5. The van der Waals surface area contributed by atoms with Crippen LogP contribution in [0.2, 0.25) is 0 Å². The van der Waals surface area contributed by atoms with Crippen LogP contribution >= 0.6 is 0 Å². The molecule has 5 nitrogen and oxygen atoms in total. The predicted molar refractivity (Wildman–Crippen MR) is 68.4 cm³/mol. The van der Waals surface area contributed by atoms with Gasteiger partial charge in [0.2, 0.25) is 0 Å². The van der Waals surface area contributed by atoms with Gasteiger partial charge in [0.15, 0.2) is 0 Å². The Morgan fingerprint density at radius 1 is 1.28 bits per heavy atom. The third-order valence-corrected chi connectivity index (χ3v) is 3.10. The van der Waals surface area contributed by atoms with Gasteiger partial charge >= 0.3 is 6.01 Å². The van der Waals surface area contributed by atoms with Crippen LogP contribution in [0.5, 0.6) is 6.01 Å². The molecule has 0 unspecified atom stereocenters. The number of rotatable bonds is 4. The summed E-state index contributed by atoms with van der Waals surface area (Å²) in [5.41, 5.74) is 2.42. The van der Waals surface area contributed by atoms with E-state index < -0.39 is 0 Å². The Labute approximate surface area is 108 Å². The number of methoxy groups -OCH3 is 1. The van der Waals surface area contributed by atoms with Gasteiger partial charge in [0.25, 0.3) is 0 Å². The molecule has 0 aromatic carbocycles. The first-order valence-electron chi connectivity index (χ1n) is 6.22. The van der Waals surface area contributed by atoms with E-state index in [4.69, 9.17) is 9.47 Å². The van der Waals surface area contributed by atoms with Crippen molar-refractivity contribution >= 4 is 0 Å². The summed E-state index contributed by atoms with van der Waals surface area (Å²) in [6.07, 6.45) is 1.87. The van der Waals surface area contributed by atoms with Gasteiger partial charge in [0.05, 0.1) is 12.3 Å². The monoisotopic (exact) mass is 251 g/mol. The van der Waals surface area contributed by atoms with Crippen LogP contribution in [0.25, 0.3) is 0 Å². The second-order valence-electron chi connectivity index (χ2n) is 5.49. The van der Waals surface area contributed by atoms with Crippen LogP contribution in [0.4, 0.5) is 0 Å². The van der Waals surface area contributed by atoms with Gasteiger partial charge in [-0.25, -0.2) is 4.98 Å². The zero-order chi connectivity index (χ0) is 13.2. The molecule has 0 amide bonds. The second-order valence-corrected chi connectivity index (χ2v) is 5.49. The molecule has 1 aromatic rings. The maximum atomic E-state index is 5.43. The Bertz CT molecular complexity index is 415. The van der Waals surface area contributed by atoms with Crippen LogP contribution in [0.1, 0.15) is 32.0 Å². The van der Waals surface area contributed by atoms with Crippen molar-refractivity contribution in [3.8, 4) is 6.01 Å². The summed E-state index contributed by atoms with van der Waals surface area (Å²) >= 11 is 0. The van der Waals surface area contributed by atoms with E-state index in [9.17, 15) is 0 Å². The quantitative estimate of drug-likeness (QED) is 0.761. The fourth-order valence-electron chi connectivity index (χ4n) is 1.90. The molecule has 0 saturated carbocycles. The maximum absolute atomic E-state index is 5.43. The third-order valence-electron chi connectivity index (χ3n) is 3.10. The van der Waals surface area contributed by atoms with E-state index in [0.29, 0.717) is 19.2 Å². The molecule has 0 saturated heterocycles. The number of ether oxygens (including phenoxy) is 2. The van der Waals surface area contributed by atoms with E-state index in [1.54, 1.807) is 7.11 Å². The molecule has 0 bridgehead atoms. The fraction of sp³-hybridized carbons (Fsp3) is 0.692. The van der Waals surface area contributed by atoms with E-state index in [1.807, 2.05) is 6.20 Å². The van der Waals surface area contributed by atoms with Crippen molar-refractivity contribution in [1.82, 2.24) is 14.9 Å². The molecule has 100 valence electrons. The molecule has 1 aliphatic rings. The first-order chi connectivity index (χ1) is 8.50. The van der Waals surface area contributed by atoms with Crippen LogP contribution in [0.15, 0.2) is 6.20 Å². The Kier molecular flexibility index (Phi) is 3.82. The van der Waals surface area contributed by atoms with Gasteiger partial charge in [-0.05, 0) is 20.8 Å². The lowest BCUT2D eigenvalue weighted by atomic mass is 10.1. The van der Waals surface area contributed by atoms with E-state index in [-0.39, 0.29) is 5.54 Å². The van der Waals surface area contributed by atoms with E-state index >= 15 is 0 Å². The SMILES string of the molecule is COCCOc1ncc2c(n1)CN(C(C)(C)C)C2. The summed E-state index contributed by atoms with van der Waals surface area (Å²) in [4.78, 5) is 11.1. The maximum Gasteiger partial charge on any atom is 0.316 e. The standard InChI is InChI=1S/C13H21N3O2/c1-13(2,3)16-8-10-7-14-12(15-11(10)9-16)18-6-5-17-4/h7H,5-6,8-9H2,1-4H3. The highest BCUT2D eigenvalue weighted by molar-refractivity contribution is 5.23. The predicted octanol–water partition coefficient (Wildman–Crippen LogP) is 1.62. The average Bonchev–Trinajstić information content (AvgIpc) is 2.72. The van der Waals surface area contributed by atoms with Crippen molar-refractivity contribution in [3.05, 3.63) is 17.5 Å². The lowest BCUT2D eigenvalue weighted by Gasteiger charge is -2.30. The summed E-state index contributed by atoms with van der Waals surface area (Å²) < 4.78 is 10.4. The molecule has 0 radical (unpaired) electrons. The van der Waals surface area contributed by atoms with Gasteiger partial charge < -0.3 is 9.47 Å². The van der Waals surface area contributed by atoms with Crippen LogP contribution in [-0.4, -0.2) is 40.7 Å². The van der Waals surface area contributed by atoms with Crippen LogP contribution < -0.4 is 4.74 Å². The minimum Gasteiger partial charge on any atom is -0.461 e. The Hall–Kier alpha value is -1.20. The summed E-state index contributed by atoms with van der Waals surface area (Å²) in [6.45, 7) is 9.44. The molecule has 0 spiro atoms. The molecule has 5 heteroatoms. The second kappa shape index (κ2) is 5.20. The van der Waals surface area contributed by atoms with Gasteiger partial charge in [0, 0.05) is 37.5 Å². The van der Waals surface area contributed by atoms with Crippen molar-refractivity contribution < 1.29 is 9.47 Å². The van der Waals surface area contributed by atoms with Crippen LogP contribution in [-0.2, 0) is 17.8 Å². The highest BCUT2D eigenvalue weighted by atomic mass is 16.5. The number of fused-ring (bicyclic) bond motifs is 1. The molecule has 0 aliphatic carbocycles. The summed E-state index contributed by atoms with van der Waals surface area (Å²) in [5, 5.41) is 0.